The average molecular weight is 747 g/mol. The fraction of sp³-hybridized carbons (Fsp3) is 0.903. The number of hydrogen-bond donors (Lipinski definition) is 5. The first-order valence-electron chi connectivity index (χ1n) is 16.7. The number of aliphatic hydroxyl groups is 4. The number of phosphoric ester groups is 1. The summed E-state index contributed by atoms with van der Waals surface area (Å²) in [5, 5.41) is 40.2. The third kappa shape index (κ3) is 22.1. The Morgan fingerprint density at radius 3 is 1.85 bits per heavy atom. The van der Waals surface area contributed by atoms with Crippen LogP contribution in [0.15, 0.2) is 12.2 Å². The number of unbranched alkanes of at least 4 members (excludes halogenated alkanes) is 13. The molecule has 0 aromatic carbocycles. The number of phosphoric acid groups is 1. The van der Waals surface area contributed by atoms with E-state index in [1.165, 1.54) is 76.7 Å². The van der Waals surface area contributed by atoms with Crippen LogP contribution in [0.1, 0.15) is 96.8 Å². The first-order chi connectivity index (χ1) is 21.7. The predicted octanol–water partition coefficient (Wildman–Crippen LogP) is 4.52. The zero-order valence-corrected chi connectivity index (χ0v) is 30.7. The first-order valence-corrected chi connectivity index (χ1v) is 24.1. The molecule has 1 aliphatic heterocycles. The van der Waals surface area contributed by atoms with Crippen molar-refractivity contribution in [1.29, 1.82) is 0 Å². The summed E-state index contributed by atoms with van der Waals surface area (Å²) in [7, 11) is -4.68. The monoisotopic (exact) mass is 746 g/mol. The van der Waals surface area contributed by atoms with Gasteiger partial charge in [0.2, 0.25) is 0 Å². The van der Waals surface area contributed by atoms with Gasteiger partial charge in [-0.25, -0.2) is 4.79 Å². The van der Waals surface area contributed by atoms with Gasteiger partial charge in [0.1, 0.15) is 12.7 Å². The van der Waals surface area contributed by atoms with Crippen molar-refractivity contribution < 1.29 is 61.7 Å². The Hall–Kier alpha value is -0.562. The Morgan fingerprint density at radius 2 is 1.33 bits per heavy atom. The van der Waals surface area contributed by atoms with Crippen LogP contribution in [-0.2, 0) is 36.4 Å². The van der Waals surface area contributed by atoms with Crippen LogP contribution in [0.3, 0.4) is 0 Å². The van der Waals surface area contributed by atoms with Crippen molar-refractivity contribution in [2.45, 2.75) is 150 Å². The van der Waals surface area contributed by atoms with Gasteiger partial charge in [-0.3, -0.25) is 0 Å². The molecule has 0 radical (unpaired) electrons. The van der Waals surface area contributed by atoms with E-state index < -0.39 is 90.5 Å². The third-order valence-corrected chi connectivity index (χ3v) is 10.9. The van der Waals surface area contributed by atoms with E-state index in [2.05, 4.69) is 11.4 Å². The van der Waals surface area contributed by atoms with Gasteiger partial charge in [-0.1, -0.05) is 90.0 Å². The van der Waals surface area contributed by atoms with Gasteiger partial charge in [-0.05, 0) is 12.8 Å². The fourth-order valence-corrected chi connectivity index (χ4v) is 8.07. The van der Waals surface area contributed by atoms with E-state index in [9.17, 15) is 38.4 Å². The van der Waals surface area contributed by atoms with Gasteiger partial charge < -0.3 is 9.84 Å². The van der Waals surface area contributed by atoms with Crippen molar-refractivity contribution in [2.24, 2.45) is 0 Å². The number of esters is 1. The molecular formula is C31H60AsO13P. The van der Waals surface area contributed by atoms with Crippen LogP contribution < -0.4 is 0 Å². The molecule has 0 aromatic rings. The molecule has 1 aliphatic rings. The van der Waals surface area contributed by atoms with Crippen LogP contribution in [0.5, 0.6) is 0 Å². The van der Waals surface area contributed by atoms with Gasteiger partial charge in [0.25, 0.3) is 0 Å². The van der Waals surface area contributed by atoms with Crippen molar-refractivity contribution in [3.8, 4) is 0 Å². The van der Waals surface area contributed by atoms with Gasteiger partial charge >= 0.3 is 141 Å². The second-order valence-corrected chi connectivity index (χ2v) is 21.4. The van der Waals surface area contributed by atoms with Crippen LogP contribution in [0.25, 0.3) is 0 Å². The maximum atomic E-state index is 12.1. The third-order valence-electron chi connectivity index (χ3n) is 7.40. The molecule has 0 aromatic heterocycles. The summed E-state index contributed by atoms with van der Waals surface area (Å²) in [4.78, 5) is 21.7. The molecule has 46 heavy (non-hydrogen) atoms. The number of carbonyl (C=O) groups excluding carboxylic acids is 1. The molecule has 0 spiro atoms. The molecule has 13 nitrogen and oxygen atoms in total. The molecule has 1 saturated heterocycles. The van der Waals surface area contributed by atoms with E-state index in [1.54, 1.807) is 17.5 Å². The van der Waals surface area contributed by atoms with E-state index >= 15 is 0 Å². The van der Waals surface area contributed by atoms with Gasteiger partial charge in [0.05, 0.1) is 0 Å². The molecular weight excluding hydrogens is 686 g/mol. The van der Waals surface area contributed by atoms with Crippen molar-refractivity contribution in [2.75, 3.05) is 26.4 Å². The second-order valence-electron chi connectivity index (χ2n) is 12.5. The first kappa shape index (κ1) is 43.5. The number of allylic oxidation sites excluding steroid dienone is 1. The predicted molar refractivity (Wildman–Crippen MR) is 174 cm³/mol. The fourth-order valence-electron chi connectivity index (χ4n) is 4.82. The Kier molecular flexibility index (Phi) is 23.2. The molecule has 1 fully saturated rings. The average Bonchev–Trinajstić information content (AvgIpc) is 3.25. The van der Waals surface area contributed by atoms with Crippen molar-refractivity contribution in [3.63, 3.8) is 0 Å². The normalized spacial score (nSPS) is 23.0. The number of ether oxygens (including phenoxy) is 3. The number of carbonyl (C=O) groups is 1. The maximum absolute atomic E-state index is 12.1. The van der Waals surface area contributed by atoms with Crippen LogP contribution >= 0.6 is 7.82 Å². The minimum atomic E-state index is -4.68. The summed E-state index contributed by atoms with van der Waals surface area (Å²) < 4.78 is 49.1. The molecule has 0 saturated carbocycles. The zero-order valence-electron chi connectivity index (χ0n) is 28.0. The van der Waals surface area contributed by atoms with E-state index in [0.29, 0.717) is 0 Å². The molecule has 0 amide bonds. The second kappa shape index (κ2) is 24.6. The van der Waals surface area contributed by atoms with Gasteiger partial charge in [-0.15, -0.1) is 0 Å². The number of rotatable bonds is 28. The van der Waals surface area contributed by atoms with E-state index in [0.717, 1.165) is 19.3 Å². The van der Waals surface area contributed by atoms with E-state index in [-0.39, 0.29) is 5.21 Å². The summed E-state index contributed by atoms with van der Waals surface area (Å²) in [6, 6.07) is 0. The summed E-state index contributed by atoms with van der Waals surface area (Å²) in [5.74, 6) is -0.644. The number of hydrogen-bond acceptors (Lipinski definition) is 12. The van der Waals surface area contributed by atoms with Gasteiger partial charge in [-0.2, -0.15) is 0 Å². The molecule has 5 N–H and O–H groups in total. The molecule has 7 unspecified atom stereocenters. The van der Waals surface area contributed by atoms with Gasteiger partial charge in [0.15, 0.2) is 0 Å². The Bertz CT molecular complexity index is 930. The minimum absolute atomic E-state index is 0.0916. The quantitative estimate of drug-likeness (QED) is 0.0247. The topological polar surface area (TPSA) is 199 Å². The zero-order chi connectivity index (χ0) is 34.4. The van der Waals surface area contributed by atoms with Crippen molar-refractivity contribution in [3.05, 3.63) is 12.2 Å². The molecule has 1 rings (SSSR count). The molecule has 1 heterocycles. The Labute approximate surface area is 277 Å². The Balaban J connectivity index is 2.09. The molecule has 0 bridgehead atoms. The van der Waals surface area contributed by atoms with E-state index in [4.69, 9.17) is 18.7 Å². The van der Waals surface area contributed by atoms with E-state index in [1.807, 2.05) is 0 Å². The van der Waals surface area contributed by atoms with Crippen molar-refractivity contribution in [1.82, 2.24) is 0 Å². The summed E-state index contributed by atoms with van der Waals surface area (Å²) >= 11 is -3.18. The summed E-state index contributed by atoms with van der Waals surface area (Å²) in [5.41, 5.74) is 3.16. The summed E-state index contributed by atoms with van der Waals surface area (Å²) in [6.45, 7) is -0.0610. The molecule has 15 heteroatoms. The van der Waals surface area contributed by atoms with Crippen molar-refractivity contribution >= 4 is 27.3 Å². The molecule has 272 valence electrons. The SMILES string of the molecule is CCCCCCCCCCCCCCCC=CC(=O)OCC(O)COP(=O)(O)OCC(O)COC1OC(C[As](C)(C)=O)C(O)C1O. The van der Waals surface area contributed by atoms with Crippen LogP contribution in [-0.4, -0.2) is 108 Å². The molecule has 0 aliphatic carbocycles. The van der Waals surface area contributed by atoms with Crippen LogP contribution in [0, 0.1) is 0 Å². The van der Waals surface area contributed by atoms with Crippen LogP contribution in [0.4, 0.5) is 0 Å². The van der Waals surface area contributed by atoms with Gasteiger partial charge in [0, 0.05) is 6.08 Å². The standard InChI is InChI=1S/C31H60AsO13P/c1-4-5-6-7-8-9-10-11-12-13-14-15-16-17-18-19-28(35)41-21-25(33)23-43-46(39,40)44-24-26(34)22-42-31-30(37)29(36)27(45-31)20-32(2,3)38/h18-19,25-27,29-31,33-34,36-37H,4-17,20-24H2,1-3H3,(H,39,40). The Morgan fingerprint density at radius 1 is 0.826 bits per heavy atom. The molecule has 7 atom stereocenters. The van der Waals surface area contributed by atoms with Crippen LogP contribution in [0.2, 0.25) is 16.6 Å². The summed E-state index contributed by atoms with van der Waals surface area (Å²) in [6.07, 6.45) is 12.5. The number of aliphatic hydroxyl groups excluding tert-OH is 4.